The Bertz CT molecular complexity index is 1320. The lowest BCUT2D eigenvalue weighted by molar-refractivity contribution is -0.115. The largest absolute Gasteiger partial charge is 0.280 e. The van der Waals surface area contributed by atoms with Crippen molar-refractivity contribution in [3.05, 3.63) is 116 Å². The molecule has 0 fully saturated rings. The smallest absolute Gasteiger partial charge is 0.242 e. The number of hydrogen-bond acceptors (Lipinski definition) is 5. The first-order valence-corrected chi connectivity index (χ1v) is 11.8. The highest BCUT2D eigenvalue weighted by molar-refractivity contribution is 7.99. The molecule has 5 rings (SSSR count). The van der Waals surface area contributed by atoms with Gasteiger partial charge in [-0.15, -0.1) is 10.2 Å². The number of anilines is 2. The molecule has 0 spiro atoms. The average molecular weight is 464 g/mol. The van der Waals surface area contributed by atoms with Gasteiger partial charge in [0.1, 0.15) is 0 Å². The lowest BCUT2D eigenvalue weighted by Gasteiger charge is -2.23. The van der Waals surface area contributed by atoms with Crippen LogP contribution in [0.4, 0.5) is 11.4 Å². The molecule has 0 aliphatic rings. The van der Waals surface area contributed by atoms with Crippen molar-refractivity contribution < 1.29 is 4.79 Å². The monoisotopic (exact) mass is 463 g/mol. The molecule has 3 aromatic carbocycles. The molecular formula is C27H21N5OS. The Balaban J connectivity index is 1.47. The number of rotatable bonds is 7. The highest BCUT2D eigenvalue weighted by atomic mass is 32.2. The van der Waals surface area contributed by atoms with Crippen LogP contribution in [0.5, 0.6) is 0 Å². The maximum Gasteiger partial charge on any atom is 0.242 e. The standard InChI is InChI=1S/C27H21N5OS/c33-25(31(22-12-4-1-5-13-22)23-14-6-2-7-15-23)20-34-27-30-29-26(21-11-10-18-28-19-21)32(27)24-16-8-3-9-17-24/h1-19H,20H2. The lowest BCUT2D eigenvalue weighted by atomic mass is 10.2. The van der Waals surface area contributed by atoms with E-state index in [1.54, 1.807) is 17.3 Å². The van der Waals surface area contributed by atoms with Crippen molar-refractivity contribution in [1.29, 1.82) is 0 Å². The number of carbonyl (C=O) groups excluding carboxylic acids is 1. The SMILES string of the molecule is O=C(CSc1nnc(-c2cccnc2)n1-c1ccccc1)N(c1ccccc1)c1ccccc1. The van der Waals surface area contributed by atoms with E-state index in [1.165, 1.54) is 11.8 Å². The topological polar surface area (TPSA) is 63.9 Å². The predicted octanol–water partition coefficient (Wildman–Crippen LogP) is 5.79. The molecule has 0 atom stereocenters. The highest BCUT2D eigenvalue weighted by Crippen LogP contribution is 2.30. The zero-order chi connectivity index (χ0) is 23.2. The maximum atomic E-state index is 13.5. The lowest BCUT2D eigenvalue weighted by Crippen LogP contribution is -2.27. The summed E-state index contributed by atoms with van der Waals surface area (Å²) in [6.45, 7) is 0. The quantitative estimate of drug-likeness (QED) is 0.286. The number of benzene rings is 3. The van der Waals surface area contributed by atoms with Gasteiger partial charge in [-0.2, -0.15) is 0 Å². The van der Waals surface area contributed by atoms with E-state index in [0.29, 0.717) is 11.0 Å². The van der Waals surface area contributed by atoms with Crippen LogP contribution in [-0.2, 0) is 4.79 Å². The fourth-order valence-electron chi connectivity index (χ4n) is 3.64. The van der Waals surface area contributed by atoms with Gasteiger partial charge in [0.15, 0.2) is 11.0 Å². The van der Waals surface area contributed by atoms with Crippen LogP contribution in [0, 0.1) is 0 Å². The van der Waals surface area contributed by atoms with Gasteiger partial charge in [0, 0.05) is 35.0 Å². The third-order valence-electron chi connectivity index (χ3n) is 5.17. The average Bonchev–Trinajstić information content (AvgIpc) is 3.34. The van der Waals surface area contributed by atoms with Gasteiger partial charge in [0.2, 0.25) is 5.91 Å². The fraction of sp³-hybridized carbons (Fsp3) is 0.0370. The molecule has 0 saturated heterocycles. The van der Waals surface area contributed by atoms with Gasteiger partial charge in [-0.3, -0.25) is 19.2 Å². The van der Waals surface area contributed by atoms with Crippen LogP contribution in [0.1, 0.15) is 0 Å². The summed E-state index contributed by atoms with van der Waals surface area (Å²) >= 11 is 1.36. The molecule has 2 aromatic heterocycles. The molecule has 0 bridgehead atoms. The van der Waals surface area contributed by atoms with Crippen LogP contribution < -0.4 is 4.90 Å². The molecule has 166 valence electrons. The van der Waals surface area contributed by atoms with E-state index >= 15 is 0 Å². The van der Waals surface area contributed by atoms with E-state index in [4.69, 9.17) is 0 Å². The van der Waals surface area contributed by atoms with Crippen molar-refractivity contribution in [2.75, 3.05) is 10.7 Å². The van der Waals surface area contributed by atoms with Crippen molar-refractivity contribution in [2.45, 2.75) is 5.16 Å². The Labute approximate surface area is 201 Å². The third-order valence-corrected chi connectivity index (χ3v) is 6.08. The summed E-state index contributed by atoms with van der Waals surface area (Å²) in [4.78, 5) is 19.4. The van der Waals surface area contributed by atoms with Gasteiger partial charge < -0.3 is 0 Å². The van der Waals surface area contributed by atoms with Crippen LogP contribution in [0.2, 0.25) is 0 Å². The number of nitrogens with zero attached hydrogens (tertiary/aromatic N) is 5. The number of amides is 1. The van der Waals surface area contributed by atoms with Crippen LogP contribution in [0.3, 0.4) is 0 Å². The molecular weight excluding hydrogens is 442 g/mol. The van der Waals surface area contributed by atoms with Crippen molar-refractivity contribution in [3.8, 4) is 17.1 Å². The van der Waals surface area contributed by atoms with Crippen LogP contribution in [0.15, 0.2) is 121 Å². The molecule has 0 aliphatic carbocycles. The summed E-state index contributed by atoms with van der Waals surface area (Å²) in [6, 6.07) is 33.0. The summed E-state index contributed by atoms with van der Waals surface area (Å²) in [6.07, 6.45) is 3.48. The van der Waals surface area contributed by atoms with Crippen molar-refractivity contribution in [1.82, 2.24) is 19.7 Å². The van der Waals surface area contributed by atoms with Crippen molar-refractivity contribution in [3.63, 3.8) is 0 Å². The van der Waals surface area contributed by atoms with Crippen LogP contribution >= 0.6 is 11.8 Å². The van der Waals surface area contributed by atoms with Gasteiger partial charge in [0.05, 0.1) is 5.75 Å². The molecule has 7 heteroatoms. The Kier molecular flexibility index (Phi) is 6.45. The second-order valence-corrected chi connectivity index (χ2v) is 8.35. The molecule has 1 amide bonds. The number of aromatic nitrogens is 4. The summed E-state index contributed by atoms with van der Waals surface area (Å²) in [5, 5.41) is 9.49. The van der Waals surface area contributed by atoms with E-state index in [-0.39, 0.29) is 11.7 Å². The molecule has 0 N–H and O–H groups in total. The zero-order valence-electron chi connectivity index (χ0n) is 18.2. The fourth-order valence-corrected chi connectivity index (χ4v) is 4.44. The van der Waals surface area contributed by atoms with Gasteiger partial charge in [-0.25, -0.2) is 0 Å². The predicted molar refractivity (Wildman–Crippen MR) is 135 cm³/mol. The van der Waals surface area contributed by atoms with Crippen molar-refractivity contribution in [2.24, 2.45) is 0 Å². The highest BCUT2D eigenvalue weighted by Gasteiger charge is 2.21. The Morgan fingerprint density at radius 2 is 1.38 bits per heavy atom. The molecule has 0 radical (unpaired) electrons. The first-order chi connectivity index (χ1) is 16.8. The minimum atomic E-state index is -0.0482. The molecule has 2 heterocycles. The molecule has 0 saturated carbocycles. The van der Waals surface area contributed by atoms with Crippen LogP contribution in [-0.4, -0.2) is 31.4 Å². The minimum Gasteiger partial charge on any atom is -0.280 e. The zero-order valence-corrected chi connectivity index (χ0v) is 19.0. The minimum absolute atomic E-state index is 0.0482. The van der Waals surface area contributed by atoms with Crippen LogP contribution in [0.25, 0.3) is 17.1 Å². The summed E-state index contributed by atoms with van der Waals surface area (Å²) < 4.78 is 1.96. The van der Waals surface area contributed by atoms with Crippen molar-refractivity contribution >= 4 is 29.0 Å². The second kappa shape index (κ2) is 10.1. The van der Waals surface area contributed by atoms with E-state index in [1.807, 2.05) is 108 Å². The van der Waals surface area contributed by atoms with Gasteiger partial charge in [-0.1, -0.05) is 66.4 Å². The van der Waals surface area contributed by atoms with E-state index in [9.17, 15) is 4.79 Å². The van der Waals surface area contributed by atoms with Gasteiger partial charge in [-0.05, 0) is 48.5 Å². The summed E-state index contributed by atoms with van der Waals surface area (Å²) in [5.74, 6) is 0.826. The number of carbonyl (C=O) groups is 1. The summed E-state index contributed by atoms with van der Waals surface area (Å²) in [5.41, 5.74) is 3.41. The van der Waals surface area contributed by atoms with E-state index in [0.717, 1.165) is 22.6 Å². The van der Waals surface area contributed by atoms with E-state index in [2.05, 4.69) is 15.2 Å². The second-order valence-electron chi connectivity index (χ2n) is 7.41. The first-order valence-electron chi connectivity index (χ1n) is 10.8. The first kappa shape index (κ1) is 21.6. The number of hydrogen-bond donors (Lipinski definition) is 0. The Morgan fingerprint density at radius 1 is 0.765 bits per heavy atom. The number of thioether (sulfide) groups is 1. The maximum absolute atomic E-state index is 13.5. The molecule has 34 heavy (non-hydrogen) atoms. The van der Waals surface area contributed by atoms with Gasteiger partial charge >= 0.3 is 0 Å². The van der Waals surface area contributed by atoms with Gasteiger partial charge in [0.25, 0.3) is 0 Å². The molecule has 0 aliphatic heterocycles. The summed E-state index contributed by atoms with van der Waals surface area (Å²) in [7, 11) is 0. The molecule has 0 unspecified atom stereocenters. The van der Waals surface area contributed by atoms with E-state index < -0.39 is 0 Å². The third kappa shape index (κ3) is 4.60. The Hall–Kier alpha value is -4.23. The normalized spacial score (nSPS) is 10.7. The number of para-hydroxylation sites is 3. The molecule has 5 aromatic rings. The number of pyridine rings is 1. The molecule has 6 nitrogen and oxygen atoms in total. The Morgan fingerprint density at radius 3 is 1.97 bits per heavy atom.